The molecule has 1 amide bonds. The number of ether oxygens (including phenoxy) is 1. The van der Waals surface area contributed by atoms with Crippen molar-refractivity contribution in [2.45, 2.75) is 38.4 Å². The van der Waals surface area contributed by atoms with Gasteiger partial charge in [-0.25, -0.2) is 0 Å². The van der Waals surface area contributed by atoms with Crippen molar-refractivity contribution >= 4 is 11.6 Å². The van der Waals surface area contributed by atoms with Gasteiger partial charge in [-0.3, -0.25) is 4.79 Å². The van der Waals surface area contributed by atoms with Gasteiger partial charge in [0.15, 0.2) is 0 Å². The van der Waals surface area contributed by atoms with Crippen molar-refractivity contribution in [2.24, 2.45) is 0 Å². The van der Waals surface area contributed by atoms with E-state index in [4.69, 9.17) is 4.74 Å². The zero-order chi connectivity index (χ0) is 18.0. The Morgan fingerprint density at radius 3 is 2.58 bits per heavy atom. The minimum atomic E-state index is -4.30. The molecule has 1 heterocycles. The fourth-order valence-corrected chi connectivity index (χ4v) is 3.03. The van der Waals surface area contributed by atoms with Crippen LogP contribution in [-0.2, 0) is 4.79 Å². The smallest absolute Gasteiger partial charge is 0.389 e. The summed E-state index contributed by atoms with van der Waals surface area (Å²) in [5, 5.41) is 0. The molecule has 24 heavy (non-hydrogen) atoms. The first-order chi connectivity index (χ1) is 11.1. The van der Waals surface area contributed by atoms with Crippen molar-refractivity contribution in [1.82, 2.24) is 4.90 Å². The van der Waals surface area contributed by atoms with E-state index < -0.39 is 24.9 Å². The van der Waals surface area contributed by atoms with E-state index in [1.165, 1.54) is 4.90 Å². The number of halogens is 3. The van der Waals surface area contributed by atoms with Crippen LogP contribution in [0.4, 0.5) is 18.9 Å². The number of amides is 1. The van der Waals surface area contributed by atoms with Gasteiger partial charge in [0.05, 0.1) is 19.1 Å². The van der Waals surface area contributed by atoms with Gasteiger partial charge in [0.2, 0.25) is 5.91 Å². The average Bonchev–Trinajstić information content (AvgIpc) is 2.51. The van der Waals surface area contributed by atoms with E-state index in [1.807, 2.05) is 38.1 Å². The maximum absolute atomic E-state index is 12.3. The molecule has 0 aromatic heterocycles. The van der Waals surface area contributed by atoms with Crippen molar-refractivity contribution in [1.29, 1.82) is 0 Å². The first kappa shape index (κ1) is 18.4. The number of carbonyl (C=O) groups is 1. The Hall–Kier alpha value is -1.92. The Morgan fingerprint density at radius 2 is 2.00 bits per heavy atom. The monoisotopic (exact) mass is 344 g/mol. The zero-order valence-corrected chi connectivity index (χ0v) is 14.2. The molecule has 0 radical (unpaired) electrons. The van der Waals surface area contributed by atoms with Crippen LogP contribution in [0.15, 0.2) is 24.3 Å². The molecule has 1 aromatic carbocycles. The van der Waals surface area contributed by atoms with Crippen LogP contribution in [0.5, 0.6) is 5.75 Å². The number of anilines is 1. The normalized spacial score (nSPS) is 17.8. The molecule has 1 fully saturated rings. The molecule has 7 heteroatoms. The summed E-state index contributed by atoms with van der Waals surface area (Å²) in [6.07, 6.45) is -5.85. The Balaban J connectivity index is 2.05. The van der Waals surface area contributed by atoms with Crippen LogP contribution < -0.4 is 9.64 Å². The van der Waals surface area contributed by atoms with Crippen molar-refractivity contribution < 1.29 is 22.7 Å². The second kappa shape index (κ2) is 6.91. The number of piperazine rings is 1. The van der Waals surface area contributed by atoms with Crippen LogP contribution in [0.25, 0.3) is 0 Å². The molecule has 0 saturated carbocycles. The summed E-state index contributed by atoms with van der Waals surface area (Å²) in [6.45, 7) is 5.33. The molecule has 4 nitrogen and oxygen atoms in total. The summed E-state index contributed by atoms with van der Waals surface area (Å²) in [5.41, 5.74) is 0.597. The lowest BCUT2D eigenvalue weighted by molar-refractivity contribution is -0.149. The molecule has 1 saturated heterocycles. The topological polar surface area (TPSA) is 32.8 Å². The quantitative estimate of drug-likeness (QED) is 0.838. The fraction of sp³-hybridized carbons (Fsp3) is 0.588. The lowest BCUT2D eigenvalue weighted by Crippen LogP contribution is -2.60. The van der Waals surface area contributed by atoms with Gasteiger partial charge in [-0.05, 0) is 26.0 Å². The summed E-state index contributed by atoms with van der Waals surface area (Å²) in [5.74, 6) is 0.303. The van der Waals surface area contributed by atoms with Crippen LogP contribution >= 0.6 is 0 Å². The van der Waals surface area contributed by atoms with E-state index >= 15 is 0 Å². The summed E-state index contributed by atoms with van der Waals surface area (Å²) < 4.78 is 42.1. The highest BCUT2D eigenvalue weighted by molar-refractivity contribution is 5.77. The average molecular weight is 344 g/mol. The predicted molar refractivity (Wildman–Crippen MR) is 86.3 cm³/mol. The van der Waals surface area contributed by atoms with Crippen LogP contribution in [0.2, 0.25) is 0 Å². The van der Waals surface area contributed by atoms with Crippen molar-refractivity contribution in [3.05, 3.63) is 24.3 Å². The van der Waals surface area contributed by atoms with E-state index in [2.05, 4.69) is 4.90 Å². The van der Waals surface area contributed by atoms with E-state index in [0.717, 1.165) is 11.4 Å². The molecule has 0 bridgehead atoms. The summed E-state index contributed by atoms with van der Waals surface area (Å²) in [6, 6.07) is 7.63. The Labute approximate surface area is 140 Å². The van der Waals surface area contributed by atoms with Gasteiger partial charge in [-0.2, -0.15) is 13.2 Å². The summed E-state index contributed by atoms with van der Waals surface area (Å²) in [7, 11) is 1.60. The second-order valence-corrected chi connectivity index (χ2v) is 6.60. The molecule has 0 unspecified atom stereocenters. The molecule has 2 rings (SSSR count). The Morgan fingerprint density at radius 1 is 1.29 bits per heavy atom. The number of alkyl halides is 3. The number of rotatable bonds is 4. The van der Waals surface area contributed by atoms with Gasteiger partial charge in [0.1, 0.15) is 5.75 Å². The van der Waals surface area contributed by atoms with Crippen molar-refractivity contribution in [2.75, 3.05) is 31.6 Å². The third kappa shape index (κ3) is 4.55. The van der Waals surface area contributed by atoms with E-state index in [0.29, 0.717) is 19.6 Å². The molecule has 0 aliphatic carbocycles. The zero-order valence-electron chi connectivity index (χ0n) is 14.2. The molecule has 0 atom stereocenters. The number of hydrogen-bond donors (Lipinski definition) is 0. The maximum atomic E-state index is 12.3. The third-order valence-electron chi connectivity index (χ3n) is 4.24. The third-order valence-corrected chi connectivity index (χ3v) is 4.24. The number of methoxy groups -OCH3 is 1. The summed E-state index contributed by atoms with van der Waals surface area (Å²) >= 11 is 0. The highest BCUT2D eigenvalue weighted by atomic mass is 19.4. The van der Waals surface area contributed by atoms with Gasteiger partial charge in [-0.15, -0.1) is 0 Å². The van der Waals surface area contributed by atoms with E-state index in [9.17, 15) is 18.0 Å². The second-order valence-electron chi connectivity index (χ2n) is 6.60. The molecular weight excluding hydrogens is 321 g/mol. The lowest BCUT2D eigenvalue weighted by atomic mass is 9.97. The van der Waals surface area contributed by atoms with Gasteiger partial charge in [0.25, 0.3) is 0 Å². The first-order valence-electron chi connectivity index (χ1n) is 7.88. The van der Waals surface area contributed by atoms with Crippen molar-refractivity contribution in [3.63, 3.8) is 0 Å². The molecule has 0 spiro atoms. The van der Waals surface area contributed by atoms with E-state index in [-0.39, 0.29) is 5.54 Å². The predicted octanol–water partition coefficient (Wildman–Crippen LogP) is 3.46. The molecule has 134 valence electrons. The minimum absolute atomic E-state index is 0.376. The number of carbonyl (C=O) groups excluding carboxylic acids is 1. The molecule has 0 N–H and O–H groups in total. The molecule has 1 aliphatic rings. The highest BCUT2D eigenvalue weighted by Crippen LogP contribution is 2.31. The molecule has 1 aliphatic heterocycles. The number of hydrogen-bond acceptors (Lipinski definition) is 3. The first-order valence-corrected chi connectivity index (χ1v) is 7.88. The van der Waals surface area contributed by atoms with Gasteiger partial charge in [0, 0.05) is 37.8 Å². The van der Waals surface area contributed by atoms with Gasteiger partial charge in [-0.1, -0.05) is 6.07 Å². The van der Waals surface area contributed by atoms with Gasteiger partial charge < -0.3 is 14.5 Å². The SMILES string of the molecule is COc1cccc(N2CCN(C(=O)CCC(F)(F)F)CC2(C)C)c1. The standard InChI is InChI=1S/C17H23F3N2O2/c1-16(2)12-21(15(23)7-8-17(18,19)20)9-10-22(16)13-5-4-6-14(11-13)24-3/h4-6,11H,7-10,12H2,1-3H3. The van der Waals surface area contributed by atoms with E-state index in [1.54, 1.807) is 7.11 Å². The minimum Gasteiger partial charge on any atom is -0.497 e. The Bertz CT molecular complexity index is 587. The van der Waals surface area contributed by atoms with Crippen LogP contribution in [0.1, 0.15) is 26.7 Å². The molecule has 1 aromatic rings. The molecular formula is C17H23F3N2O2. The largest absolute Gasteiger partial charge is 0.497 e. The van der Waals surface area contributed by atoms with Crippen LogP contribution in [0, 0.1) is 0 Å². The van der Waals surface area contributed by atoms with Gasteiger partial charge >= 0.3 is 6.18 Å². The maximum Gasteiger partial charge on any atom is 0.389 e. The lowest BCUT2D eigenvalue weighted by Gasteiger charge is -2.48. The van der Waals surface area contributed by atoms with Crippen LogP contribution in [0.3, 0.4) is 0 Å². The Kier molecular flexibility index (Phi) is 5.30. The van der Waals surface area contributed by atoms with Crippen LogP contribution in [-0.4, -0.2) is 49.3 Å². The fourth-order valence-electron chi connectivity index (χ4n) is 3.03. The number of benzene rings is 1. The highest BCUT2D eigenvalue weighted by Gasteiger charge is 2.37. The van der Waals surface area contributed by atoms with Crippen molar-refractivity contribution in [3.8, 4) is 5.75 Å². The summed E-state index contributed by atoms with van der Waals surface area (Å²) in [4.78, 5) is 15.7. The number of nitrogens with zero attached hydrogens (tertiary/aromatic N) is 2.